The van der Waals surface area contributed by atoms with Gasteiger partial charge >= 0.3 is 0 Å². The predicted molar refractivity (Wildman–Crippen MR) is 77.1 cm³/mol. The highest BCUT2D eigenvalue weighted by molar-refractivity contribution is 5.37. The molecule has 0 radical (unpaired) electrons. The van der Waals surface area contributed by atoms with Crippen LogP contribution in [0, 0.1) is 0 Å². The molecule has 0 amide bonds. The number of nitrogens with zero attached hydrogens (tertiary/aromatic N) is 1. The van der Waals surface area contributed by atoms with E-state index in [0.717, 1.165) is 30.8 Å². The molecular formula is C16H18N2O2. The number of methoxy groups -OCH3 is 1. The summed E-state index contributed by atoms with van der Waals surface area (Å²) in [4.78, 5) is 4.19. The number of para-hydroxylation sites is 1. The summed E-state index contributed by atoms with van der Waals surface area (Å²) in [5, 5.41) is 3.41. The maximum Gasteiger partial charge on any atom is 0.217 e. The molecule has 0 saturated carbocycles. The molecule has 0 bridgehead atoms. The van der Waals surface area contributed by atoms with Gasteiger partial charge < -0.3 is 14.8 Å². The van der Waals surface area contributed by atoms with Crippen molar-refractivity contribution in [3.05, 3.63) is 53.7 Å². The molecule has 4 nitrogen and oxygen atoms in total. The van der Waals surface area contributed by atoms with Crippen LogP contribution in [0.25, 0.3) is 0 Å². The molecule has 1 unspecified atom stereocenters. The van der Waals surface area contributed by atoms with Gasteiger partial charge in [-0.2, -0.15) is 0 Å². The summed E-state index contributed by atoms with van der Waals surface area (Å²) >= 11 is 0. The smallest absolute Gasteiger partial charge is 0.217 e. The number of ether oxygens (including phenoxy) is 2. The largest absolute Gasteiger partial charge is 0.488 e. The van der Waals surface area contributed by atoms with Crippen LogP contribution < -0.4 is 14.8 Å². The zero-order chi connectivity index (χ0) is 13.8. The molecule has 104 valence electrons. The zero-order valence-corrected chi connectivity index (χ0v) is 11.5. The van der Waals surface area contributed by atoms with Gasteiger partial charge in [0.2, 0.25) is 5.88 Å². The summed E-state index contributed by atoms with van der Waals surface area (Å²) in [6, 6.07) is 12.1. The topological polar surface area (TPSA) is 43.4 Å². The van der Waals surface area contributed by atoms with Gasteiger partial charge in [0.1, 0.15) is 11.9 Å². The van der Waals surface area contributed by atoms with E-state index in [1.807, 2.05) is 24.3 Å². The average Bonchev–Trinajstić information content (AvgIpc) is 2.90. The van der Waals surface area contributed by atoms with Crippen LogP contribution in [0.4, 0.5) is 0 Å². The third-order valence-corrected chi connectivity index (χ3v) is 3.44. The summed E-state index contributed by atoms with van der Waals surface area (Å²) in [6.45, 7) is 1.54. The van der Waals surface area contributed by atoms with E-state index in [1.165, 1.54) is 5.56 Å². The number of hydrogen-bond acceptors (Lipinski definition) is 4. The van der Waals surface area contributed by atoms with Gasteiger partial charge in [-0.15, -0.1) is 0 Å². The number of hydrogen-bond donors (Lipinski definition) is 1. The van der Waals surface area contributed by atoms with Crippen molar-refractivity contribution in [3.8, 4) is 11.6 Å². The summed E-state index contributed by atoms with van der Waals surface area (Å²) < 4.78 is 11.1. The molecule has 2 aromatic rings. The second-order valence-electron chi connectivity index (χ2n) is 4.85. The molecular weight excluding hydrogens is 252 g/mol. The fourth-order valence-electron chi connectivity index (χ4n) is 2.48. The van der Waals surface area contributed by atoms with E-state index < -0.39 is 0 Å². The Balaban J connectivity index is 1.52. The average molecular weight is 270 g/mol. The van der Waals surface area contributed by atoms with Crippen molar-refractivity contribution in [1.82, 2.24) is 10.3 Å². The summed E-state index contributed by atoms with van der Waals surface area (Å²) in [6.07, 6.45) is 2.90. The number of nitrogens with one attached hydrogen (secondary N) is 1. The first-order valence-corrected chi connectivity index (χ1v) is 6.80. The van der Waals surface area contributed by atoms with Crippen LogP contribution in [0.15, 0.2) is 42.6 Å². The summed E-state index contributed by atoms with van der Waals surface area (Å²) in [5.74, 6) is 1.69. The van der Waals surface area contributed by atoms with Crippen LogP contribution in [-0.4, -0.2) is 24.7 Å². The van der Waals surface area contributed by atoms with Gasteiger partial charge in [-0.1, -0.05) is 24.3 Å². The molecule has 20 heavy (non-hydrogen) atoms. The van der Waals surface area contributed by atoms with Crippen LogP contribution >= 0.6 is 0 Å². The van der Waals surface area contributed by atoms with Gasteiger partial charge in [-0.3, -0.25) is 0 Å². The Kier molecular flexibility index (Phi) is 3.83. The highest BCUT2D eigenvalue weighted by Crippen LogP contribution is 2.27. The van der Waals surface area contributed by atoms with E-state index in [1.54, 1.807) is 13.3 Å². The SMILES string of the molecule is COc1ncccc1CNCC1Cc2ccccc2O1. The van der Waals surface area contributed by atoms with Crippen molar-refractivity contribution >= 4 is 0 Å². The summed E-state index contributed by atoms with van der Waals surface area (Å²) in [7, 11) is 1.64. The van der Waals surface area contributed by atoms with Crippen molar-refractivity contribution in [2.24, 2.45) is 0 Å². The first-order valence-electron chi connectivity index (χ1n) is 6.80. The number of fused-ring (bicyclic) bond motifs is 1. The van der Waals surface area contributed by atoms with Crippen molar-refractivity contribution in [1.29, 1.82) is 0 Å². The molecule has 2 heterocycles. The molecule has 1 aromatic carbocycles. The third kappa shape index (κ3) is 2.75. The van der Waals surface area contributed by atoms with Gasteiger partial charge in [-0.05, 0) is 17.7 Å². The lowest BCUT2D eigenvalue weighted by atomic mass is 10.1. The maximum absolute atomic E-state index is 5.89. The van der Waals surface area contributed by atoms with Crippen LogP contribution in [0.3, 0.4) is 0 Å². The highest BCUT2D eigenvalue weighted by Gasteiger charge is 2.21. The third-order valence-electron chi connectivity index (χ3n) is 3.44. The Morgan fingerprint density at radius 1 is 1.30 bits per heavy atom. The number of aromatic nitrogens is 1. The monoisotopic (exact) mass is 270 g/mol. The van der Waals surface area contributed by atoms with Crippen molar-refractivity contribution < 1.29 is 9.47 Å². The molecule has 0 spiro atoms. The van der Waals surface area contributed by atoms with E-state index in [-0.39, 0.29) is 6.10 Å². The lowest BCUT2D eigenvalue weighted by Gasteiger charge is -2.13. The van der Waals surface area contributed by atoms with Gasteiger partial charge in [0.05, 0.1) is 7.11 Å². The molecule has 0 fully saturated rings. The summed E-state index contributed by atoms with van der Waals surface area (Å²) in [5.41, 5.74) is 2.35. The van der Waals surface area contributed by atoms with Crippen LogP contribution in [0.1, 0.15) is 11.1 Å². The lowest BCUT2D eigenvalue weighted by molar-refractivity contribution is 0.227. The molecule has 4 heteroatoms. The Hall–Kier alpha value is -2.07. The molecule has 0 aliphatic carbocycles. The molecule has 1 N–H and O–H groups in total. The van der Waals surface area contributed by atoms with E-state index in [0.29, 0.717) is 5.88 Å². The molecule has 1 aromatic heterocycles. The maximum atomic E-state index is 5.89. The number of rotatable bonds is 5. The molecule has 1 aliphatic heterocycles. The minimum absolute atomic E-state index is 0.204. The fourth-order valence-corrected chi connectivity index (χ4v) is 2.48. The van der Waals surface area contributed by atoms with E-state index in [2.05, 4.69) is 22.4 Å². The Bertz CT molecular complexity index is 561. The normalized spacial score (nSPS) is 16.6. The number of benzene rings is 1. The Morgan fingerprint density at radius 3 is 3.05 bits per heavy atom. The van der Waals surface area contributed by atoms with Gasteiger partial charge in [0.25, 0.3) is 0 Å². The highest BCUT2D eigenvalue weighted by atomic mass is 16.5. The van der Waals surface area contributed by atoms with E-state index in [9.17, 15) is 0 Å². The minimum Gasteiger partial charge on any atom is -0.488 e. The first kappa shape index (κ1) is 12.9. The van der Waals surface area contributed by atoms with E-state index in [4.69, 9.17) is 9.47 Å². The van der Waals surface area contributed by atoms with Crippen LogP contribution in [-0.2, 0) is 13.0 Å². The zero-order valence-electron chi connectivity index (χ0n) is 11.5. The van der Waals surface area contributed by atoms with Crippen LogP contribution in [0.2, 0.25) is 0 Å². The molecule has 1 atom stereocenters. The standard InChI is InChI=1S/C16H18N2O2/c1-19-16-13(6-4-8-18-16)10-17-11-14-9-12-5-2-3-7-15(12)20-14/h2-8,14,17H,9-11H2,1H3. The lowest BCUT2D eigenvalue weighted by Crippen LogP contribution is -2.29. The molecule has 3 rings (SSSR count). The fraction of sp³-hybridized carbons (Fsp3) is 0.312. The predicted octanol–water partition coefficient (Wildman–Crippen LogP) is 2.18. The van der Waals surface area contributed by atoms with E-state index >= 15 is 0 Å². The van der Waals surface area contributed by atoms with Crippen LogP contribution in [0.5, 0.6) is 11.6 Å². The minimum atomic E-state index is 0.204. The number of pyridine rings is 1. The van der Waals surface area contributed by atoms with Gasteiger partial charge in [0.15, 0.2) is 0 Å². The second kappa shape index (κ2) is 5.92. The van der Waals surface area contributed by atoms with Gasteiger partial charge in [0, 0.05) is 31.3 Å². The Labute approximate surface area is 118 Å². The quantitative estimate of drug-likeness (QED) is 0.904. The van der Waals surface area contributed by atoms with Crippen molar-refractivity contribution in [2.45, 2.75) is 19.1 Å². The van der Waals surface area contributed by atoms with Gasteiger partial charge in [-0.25, -0.2) is 4.98 Å². The Morgan fingerprint density at radius 2 is 2.20 bits per heavy atom. The second-order valence-corrected chi connectivity index (χ2v) is 4.85. The first-order chi connectivity index (χ1) is 9.86. The molecule has 1 aliphatic rings. The van der Waals surface area contributed by atoms with Crippen molar-refractivity contribution in [2.75, 3.05) is 13.7 Å². The molecule has 0 saturated heterocycles. The van der Waals surface area contributed by atoms with Crippen molar-refractivity contribution in [3.63, 3.8) is 0 Å².